The van der Waals surface area contributed by atoms with E-state index in [2.05, 4.69) is 10.1 Å². The van der Waals surface area contributed by atoms with E-state index in [0.717, 1.165) is 5.56 Å². The van der Waals surface area contributed by atoms with Gasteiger partial charge in [0.2, 0.25) is 0 Å². The monoisotopic (exact) mass is 207 g/mol. The van der Waals surface area contributed by atoms with Crippen LogP contribution in [-0.4, -0.2) is 20.5 Å². The van der Waals surface area contributed by atoms with Crippen molar-refractivity contribution in [3.05, 3.63) is 34.5 Å². The summed E-state index contributed by atoms with van der Waals surface area (Å²) < 4.78 is 1.68. The highest BCUT2D eigenvalue weighted by molar-refractivity contribution is 7.07. The van der Waals surface area contributed by atoms with Gasteiger partial charge in [0, 0.05) is 25.0 Å². The molecule has 2 heterocycles. The van der Waals surface area contributed by atoms with Crippen molar-refractivity contribution in [1.82, 2.24) is 14.8 Å². The third-order valence-corrected chi connectivity index (χ3v) is 2.43. The predicted molar refractivity (Wildman–Crippen MR) is 53.4 cm³/mol. The lowest BCUT2D eigenvalue weighted by molar-refractivity contribution is 0.0989. The number of thiazole rings is 1. The molecule has 0 N–H and O–H groups in total. The van der Waals surface area contributed by atoms with Crippen LogP contribution in [0.25, 0.3) is 0 Å². The van der Waals surface area contributed by atoms with Crippen LogP contribution in [0.4, 0.5) is 0 Å². The highest BCUT2D eigenvalue weighted by atomic mass is 32.1. The number of hydrogen-bond acceptors (Lipinski definition) is 4. The van der Waals surface area contributed by atoms with Crippen LogP contribution in [0, 0.1) is 0 Å². The Kier molecular flexibility index (Phi) is 2.41. The average Bonchev–Trinajstić information content (AvgIpc) is 2.75. The van der Waals surface area contributed by atoms with Gasteiger partial charge >= 0.3 is 0 Å². The summed E-state index contributed by atoms with van der Waals surface area (Å²) in [6.07, 6.45) is 3.91. The van der Waals surface area contributed by atoms with Gasteiger partial charge in [-0.15, -0.1) is 11.3 Å². The average molecular weight is 207 g/mol. The summed E-state index contributed by atoms with van der Waals surface area (Å²) in [5, 5.41) is 5.76. The molecule has 0 saturated heterocycles. The minimum absolute atomic E-state index is 0.0410. The van der Waals surface area contributed by atoms with Crippen LogP contribution >= 0.6 is 11.3 Å². The molecule has 2 aromatic heterocycles. The van der Waals surface area contributed by atoms with Crippen LogP contribution < -0.4 is 0 Å². The molecule has 5 heteroatoms. The van der Waals surface area contributed by atoms with Gasteiger partial charge in [-0.3, -0.25) is 9.48 Å². The van der Waals surface area contributed by atoms with Gasteiger partial charge in [-0.05, 0) is 5.56 Å². The fourth-order valence-electron chi connectivity index (χ4n) is 1.19. The maximum atomic E-state index is 11.6. The van der Waals surface area contributed by atoms with Crippen LogP contribution in [0.1, 0.15) is 16.1 Å². The SMILES string of the molecule is Cn1cc(CC(=O)c2cscn2)cn1. The molecule has 0 fully saturated rings. The molecule has 0 unspecified atom stereocenters. The molecule has 0 bridgehead atoms. The molecule has 2 rings (SSSR count). The first-order chi connectivity index (χ1) is 6.75. The molecule has 0 aliphatic carbocycles. The van der Waals surface area contributed by atoms with E-state index >= 15 is 0 Å². The van der Waals surface area contributed by atoms with Crippen LogP contribution in [-0.2, 0) is 13.5 Å². The minimum atomic E-state index is 0.0410. The number of hydrogen-bond donors (Lipinski definition) is 0. The van der Waals surface area contributed by atoms with Crippen molar-refractivity contribution < 1.29 is 4.79 Å². The molecule has 14 heavy (non-hydrogen) atoms. The molecule has 0 aromatic carbocycles. The molecule has 0 spiro atoms. The summed E-state index contributed by atoms with van der Waals surface area (Å²) in [7, 11) is 1.83. The Hall–Kier alpha value is -1.49. The summed E-state index contributed by atoms with van der Waals surface area (Å²) in [6, 6.07) is 0. The Labute approximate surface area is 85.2 Å². The maximum Gasteiger partial charge on any atom is 0.186 e. The van der Waals surface area contributed by atoms with E-state index in [1.165, 1.54) is 11.3 Å². The van der Waals surface area contributed by atoms with E-state index in [1.807, 2.05) is 13.2 Å². The van der Waals surface area contributed by atoms with Gasteiger partial charge in [0.15, 0.2) is 5.78 Å². The Morgan fingerprint density at radius 2 is 2.50 bits per heavy atom. The second-order valence-corrected chi connectivity index (χ2v) is 3.71. The van der Waals surface area contributed by atoms with Crippen molar-refractivity contribution in [2.75, 3.05) is 0 Å². The molecule has 2 aromatic rings. The van der Waals surface area contributed by atoms with Crippen LogP contribution in [0.15, 0.2) is 23.3 Å². The van der Waals surface area contributed by atoms with Crippen molar-refractivity contribution in [1.29, 1.82) is 0 Å². The van der Waals surface area contributed by atoms with Crippen molar-refractivity contribution >= 4 is 17.1 Å². The van der Waals surface area contributed by atoms with E-state index in [-0.39, 0.29) is 5.78 Å². The van der Waals surface area contributed by atoms with Crippen molar-refractivity contribution in [3.63, 3.8) is 0 Å². The lowest BCUT2D eigenvalue weighted by Crippen LogP contribution is -2.02. The van der Waals surface area contributed by atoms with Gasteiger partial charge in [0.05, 0.1) is 11.7 Å². The smallest absolute Gasteiger partial charge is 0.186 e. The van der Waals surface area contributed by atoms with Gasteiger partial charge in [0.25, 0.3) is 0 Å². The third-order valence-electron chi connectivity index (χ3n) is 1.84. The Morgan fingerprint density at radius 3 is 3.07 bits per heavy atom. The zero-order chi connectivity index (χ0) is 9.97. The normalized spacial score (nSPS) is 10.4. The van der Waals surface area contributed by atoms with Crippen LogP contribution in [0.3, 0.4) is 0 Å². The number of ketones is 1. The molecule has 0 saturated carbocycles. The molecule has 0 aliphatic rings. The highest BCUT2D eigenvalue weighted by Crippen LogP contribution is 2.06. The lowest BCUT2D eigenvalue weighted by atomic mass is 10.1. The van der Waals surface area contributed by atoms with Gasteiger partial charge < -0.3 is 0 Å². The largest absolute Gasteiger partial charge is 0.292 e. The van der Waals surface area contributed by atoms with Crippen molar-refractivity contribution in [2.45, 2.75) is 6.42 Å². The van der Waals surface area contributed by atoms with Gasteiger partial charge in [-0.25, -0.2) is 4.98 Å². The first-order valence-corrected chi connectivity index (χ1v) is 5.09. The van der Waals surface area contributed by atoms with Gasteiger partial charge in [0.1, 0.15) is 5.69 Å². The summed E-state index contributed by atoms with van der Waals surface area (Å²) in [6.45, 7) is 0. The number of carbonyl (C=O) groups is 1. The van der Waals surface area contributed by atoms with Crippen LogP contribution in [0.5, 0.6) is 0 Å². The lowest BCUT2D eigenvalue weighted by Gasteiger charge is -1.92. The molecule has 72 valence electrons. The van der Waals surface area contributed by atoms with E-state index in [0.29, 0.717) is 12.1 Å². The molecule has 0 aliphatic heterocycles. The second-order valence-electron chi connectivity index (χ2n) is 3.00. The van der Waals surface area contributed by atoms with E-state index < -0.39 is 0 Å². The summed E-state index contributed by atoms with van der Waals surface area (Å²) in [4.78, 5) is 15.6. The van der Waals surface area contributed by atoms with E-state index in [1.54, 1.807) is 21.8 Å². The van der Waals surface area contributed by atoms with E-state index in [4.69, 9.17) is 0 Å². The Balaban J connectivity index is 2.09. The van der Waals surface area contributed by atoms with Crippen LogP contribution in [0.2, 0.25) is 0 Å². The topological polar surface area (TPSA) is 47.8 Å². The highest BCUT2D eigenvalue weighted by Gasteiger charge is 2.09. The summed E-state index contributed by atoms with van der Waals surface area (Å²) in [5.41, 5.74) is 3.13. The number of aryl methyl sites for hydroxylation is 1. The summed E-state index contributed by atoms with van der Waals surface area (Å²) in [5.74, 6) is 0.0410. The van der Waals surface area contributed by atoms with Gasteiger partial charge in [-0.2, -0.15) is 5.10 Å². The molecular weight excluding hydrogens is 198 g/mol. The van der Waals surface area contributed by atoms with Crippen molar-refractivity contribution in [3.8, 4) is 0 Å². The number of rotatable bonds is 3. The first-order valence-electron chi connectivity index (χ1n) is 4.14. The fourth-order valence-corrected chi connectivity index (χ4v) is 1.75. The molecule has 4 nitrogen and oxygen atoms in total. The number of Topliss-reactive ketones (excluding diaryl/α,β-unsaturated/α-hetero) is 1. The fraction of sp³-hybridized carbons (Fsp3) is 0.222. The Morgan fingerprint density at radius 1 is 1.64 bits per heavy atom. The predicted octanol–water partition coefficient (Wildman–Crippen LogP) is 1.30. The van der Waals surface area contributed by atoms with Gasteiger partial charge in [-0.1, -0.05) is 0 Å². The zero-order valence-corrected chi connectivity index (χ0v) is 8.49. The summed E-state index contributed by atoms with van der Waals surface area (Å²) >= 11 is 1.43. The minimum Gasteiger partial charge on any atom is -0.292 e. The first kappa shape index (κ1) is 9.08. The molecular formula is C9H9N3OS. The second kappa shape index (κ2) is 3.71. The third kappa shape index (κ3) is 1.88. The number of nitrogens with zero attached hydrogens (tertiary/aromatic N) is 3. The van der Waals surface area contributed by atoms with Crippen molar-refractivity contribution in [2.24, 2.45) is 7.05 Å². The standard InChI is InChI=1S/C9H9N3OS/c1-12-4-7(3-11-12)2-9(13)8-5-14-6-10-8/h3-6H,2H2,1H3. The molecule has 0 atom stereocenters. The number of carbonyl (C=O) groups excluding carboxylic acids is 1. The zero-order valence-electron chi connectivity index (χ0n) is 7.67. The molecule has 0 radical (unpaired) electrons. The quantitative estimate of drug-likeness (QED) is 0.713. The number of aromatic nitrogens is 3. The molecule has 0 amide bonds. The maximum absolute atomic E-state index is 11.6. The van der Waals surface area contributed by atoms with E-state index in [9.17, 15) is 4.79 Å². The Bertz CT molecular complexity index is 433.